The average molecular weight is 1120 g/mol. The quantitative estimate of drug-likeness (QED) is 0.120. The van der Waals surface area contributed by atoms with E-state index in [9.17, 15) is 55.4 Å². The summed E-state index contributed by atoms with van der Waals surface area (Å²) < 4.78 is 95.9. The number of aromatic hydroxyl groups is 1. The standard InChI is InChI=1S/C27H23ClF3N3O5S.C24H19ClF3N3O3S/c1-15(27(29,30)31)32-14-34(33-11-10-20(35)25(24(33)26(32)37)39-22(36)12-38-2)23-16-7-5-8-19(28)18(16)13-40-21-9-4-3-6-17(21)23;1-13(24(26,27)28)29-12-31(30-10-9-18(32)22(33)21(30)23(29)34)20-14-6-4-7-17(25)16(14)11-35-19-8-3-2-5-15(19)20/h3-11,15,23H,12-14H2,1-2H3;2-10,13,20,33H,11-12H2,1H3/t15-,23+;13-,20+/m11/s1. The molecule has 4 aliphatic rings. The van der Waals surface area contributed by atoms with Gasteiger partial charge in [0.05, 0.1) is 12.1 Å². The van der Waals surface area contributed by atoms with E-state index in [2.05, 4.69) is 0 Å². The van der Waals surface area contributed by atoms with Crippen LogP contribution in [-0.4, -0.2) is 93.5 Å². The lowest BCUT2D eigenvalue weighted by molar-refractivity contribution is -0.173. The first-order chi connectivity index (χ1) is 35.6. The molecule has 0 fully saturated rings. The van der Waals surface area contributed by atoms with Gasteiger partial charge < -0.3 is 24.4 Å². The molecule has 1 N–H and O–H groups in total. The molecule has 2 amide bonds. The number of esters is 1. The van der Waals surface area contributed by atoms with Crippen molar-refractivity contribution < 1.29 is 55.3 Å². The van der Waals surface area contributed by atoms with Gasteiger partial charge in [-0.2, -0.15) is 26.3 Å². The van der Waals surface area contributed by atoms with E-state index < -0.39 is 108 Å². The first kappa shape index (κ1) is 53.2. The Morgan fingerprint density at radius 2 is 1.07 bits per heavy atom. The van der Waals surface area contributed by atoms with Crippen LogP contribution in [0.1, 0.15) is 80.3 Å². The number of ether oxygens (including phenoxy) is 2. The van der Waals surface area contributed by atoms with Crippen LogP contribution in [0.2, 0.25) is 10.0 Å². The molecule has 0 radical (unpaired) electrons. The fourth-order valence-electron chi connectivity index (χ4n) is 9.34. The van der Waals surface area contributed by atoms with Gasteiger partial charge in [-0.15, -0.1) is 23.5 Å². The molecule has 4 aromatic carbocycles. The van der Waals surface area contributed by atoms with Crippen molar-refractivity contribution in [3.63, 3.8) is 0 Å². The molecule has 2 aromatic heterocycles. The Kier molecular flexibility index (Phi) is 14.8. The molecule has 4 aliphatic heterocycles. The zero-order chi connectivity index (χ0) is 53.8. The van der Waals surface area contributed by atoms with Crippen LogP contribution in [0.15, 0.2) is 129 Å². The maximum Gasteiger partial charge on any atom is 0.408 e. The van der Waals surface area contributed by atoms with Crippen molar-refractivity contribution in [2.75, 3.05) is 37.1 Å². The van der Waals surface area contributed by atoms with E-state index in [0.717, 1.165) is 69.2 Å². The Morgan fingerprint density at radius 3 is 1.53 bits per heavy atom. The number of hydrogen-bond donors (Lipinski definition) is 1. The molecule has 4 atom stereocenters. The smallest absolute Gasteiger partial charge is 0.408 e. The zero-order valence-electron chi connectivity index (χ0n) is 39.6. The second-order valence-corrected chi connectivity index (χ2v) is 20.4. The molecule has 0 unspecified atom stereocenters. The number of amides is 2. The summed E-state index contributed by atoms with van der Waals surface area (Å²) in [6.07, 6.45) is -6.89. The van der Waals surface area contributed by atoms with E-state index in [-0.39, 0.29) is 0 Å². The van der Waals surface area contributed by atoms with Crippen molar-refractivity contribution in [3.8, 4) is 11.5 Å². The molecule has 6 aromatic rings. The Labute approximate surface area is 441 Å². The minimum Gasteiger partial charge on any atom is -0.502 e. The lowest BCUT2D eigenvalue weighted by Crippen LogP contribution is -2.60. The van der Waals surface area contributed by atoms with E-state index in [1.165, 1.54) is 40.6 Å². The van der Waals surface area contributed by atoms with E-state index in [4.69, 9.17) is 32.7 Å². The number of methoxy groups -OCH3 is 1. The minimum atomic E-state index is -4.77. The molecular weight excluding hydrogens is 1070 g/mol. The number of thioether (sulfide) groups is 2. The fourth-order valence-corrected chi connectivity index (χ4v) is 12.3. The normalized spacial score (nSPS) is 17.9. The van der Waals surface area contributed by atoms with Gasteiger partial charge in [0.2, 0.25) is 16.6 Å². The number of aromatic nitrogens is 2. The number of alkyl halides is 6. The van der Waals surface area contributed by atoms with Crippen LogP contribution in [0.5, 0.6) is 11.5 Å². The first-order valence-corrected chi connectivity index (χ1v) is 25.5. The van der Waals surface area contributed by atoms with Crippen molar-refractivity contribution in [3.05, 3.63) is 185 Å². The maximum atomic E-state index is 14.0. The van der Waals surface area contributed by atoms with Crippen LogP contribution >= 0.6 is 46.7 Å². The van der Waals surface area contributed by atoms with Crippen LogP contribution in [0.4, 0.5) is 26.3 Å². The SMILES string of the molecule is COCC(=O)Oc1c2n(ccc1=O)N([C@@H]1c3ccccc3SCc3c(Cl)cccc31)CN([C@H](C)C(F)(F)F)C2=O.C[C@@H](N1CN([C@@H]2c3ccccc3SCc3c(Cl)cccc32)n2ccc(=O)c(O)c2C1=O)C(F)(F)F. The Morgan fingerprint density at radius 1 is 0.640 bits per heavy atom. The molecule has 14 nitrogen and oxygen atoms in total. The molecule has 6 heterocycles. The summed E-state index contributed by atoms with van der Waals surface area (Å²) in [7, 11) is 1.23. The van der Waals surface area contributed by atoms with Crippen molar-refractivity contribution in [2.24, 2.45) is 0 Å². The highest BCUT2D eigenvalue weighted by molar-refractivity contribution is 7.98. The van der Waals surface area contributed by atoms with Crippen LogP contribution in [0.3, 0.4) is 0 Å². The van der Waals surface area contributed by atoms with E-state index in [0.29, 0.717) is 31.4 Å². The van der Waals surface area contributed by atoms with Gasteiger partial charge in [-0.05, 0) is 71.5 Å². The number of nitrogens with zero attached hydrogens (tertiary/aromatic N) is 6. The molecular formula is C51H42Cl2F6N6O8S2. The largest absolute Gasteiger partial charge is 0.502 e. The van der Waals surface area contributed by atoms with Crippen molar-refractivity contribution in [2.45, 2.75) is 71.7 Å². The third kappa shape index (κ3) is 9.93. The summed E-state index contributed by atoms with van der Waals surface area (Å²) in [4.78, 5) is 67.2. The second-order valence-electron chi connectivity index (χ2n) is 17.6. The number of halogens is 8. The molecule has 24 heteroatoms. The zero-order valence-corrected chi connectivity index (χ0v) is 42.7. The fraction of sp³-hybridized carbons (Fsp3) is 0.275. The van der Waals surface area contributed by atoms with Gasteiger partial charge in [0.25, 0.3) is 11.8 Å². The molecule has 392 valence electrons. The highest BCUT2D eigenvalue weighted by Gasteiger charge is 2.50. The lowest BCUT2D eigenvalue weighted by Gasteiger charge is -2.46. The highest BCUT2D eigenvalue weighted by atomic mass is 35.5. The number of hydrogen-bond acceptors (Lipinski definition) is 12. The molecule has 0 bridgehead atoms. The van der Waals surface area contributed by atoms with Crippen LogP contribution in [0, 0.1) is 0 Å². The number of benzene rings is 4. The predicted molar refractivity (Wildman–Crippen MR) is 269 cm³/mol. The number of carbonyl (C=O) groups excluding carboxylic acids is 3. The minimum absolute atomic E-state index is 0.440. The van der Waals surface area contributed by atoms with Crippen molar-refractivity contribution >= 4 is 64.5 Å². The van der Waals surface area contributed by atoms with E-state index >= 15 is 0 Å². The molecule has 0 saturated heterocycles. The number of rotatable bonds is 7. The summed E-state index contributed by atoms with van der Waals surface area (Å²) in [5.74, 6) is -3.70. The van der Waals surface area contributed by atoms with Crippen LogP contribution in [0.25, 0.3) is 0 Å². The molecule has 0 aliphatic carbocycles. The van der Waals surface area contributed by atoms with E-state index in [1.807, 2.05) is 60.7 Å². The summed E-state index contributed by atoms with van der Waals surface area (Å²) >= 11 is 16.2. The average Bonchev–Trinajstić information content (AvgIpc) is 3.65. The number of pyridine rings is 2. The van der Waals surface area contributed by atoms with Crippen LogP contribution in [-0.2, 0) is 21.0 Å². The monoisotopic (exact) mass is 1110 g/mol. The first-order valence-electron chi connectivity index (χ1n) is 22.8. The van der Waals surface area contributed by atoms with Gasteiger partial charge in [0, 0.05) is 63.0 Å². The van der Waals surface area contributed by atoms with Crippen molar-refractivity contribution in [1.82, 2.24) is 19.2 Å². The molecule has 0 spiro atoms. The van der Waals surface area contributed by atoms with E-state index in [1.54, 1.807) is 46.0 Å². The van der Waals surface area contributed by atoms with Gasteiger partial charge in [-0.1, -0.05) is 83.9 Å². The summed E-state index contributed by atoms with van der Waals surface area (Å²) in [5.41, 5.74) is 1.94. The number of carbonyl (C=O) groups is 3. The molecule has 0 saturated carbocycles. The van der Waals surface area contributed by atoms with Gasteiger partial charge >= 0.3 is 18.3 Å². The maximum absolute atomic E-state index is 14.0. The topological polar surface area (TPSA) is 147 Å². The van der Waals surface area contributed by atoms with Crippen molar-refractivity contribution in [1.29, 1.82) is 0 Å². The van der Waals surface area contributed by atoms with Gasteiger partial charge in [-0.25, -0.2) is 4.79 Å². The summed E-state index contributed by atoms with van der Waals surface area (Å²) in [5, 5.41) is 14.6. The summed E-state index contributed by atoms with van der Waals surface area (Å²) in [6.45, 7) is 0.283. The molecule has 75 heavy (non-hydrogen) atoms. The Hall–Kier alpha value is -6.59. The summed E-state index contributed by atoms with van der Waals surface area (Å²) in [6, 6.07) is 22.0. The Balaban J connectivity index is 0.000000185. The highest BCUT2D eigenvalue weighted by Crippen LogP contribution is 2.47. The predicted octanol–water partition coefficient (Wildman–Crippen LogP) is 9.66. The number of fused-ring (bicyclic) bond motifs is 6. The second kappa shape index (κ2) is 20.9. The third-order valence-electron chi connectivity index (χ3n) is 13.2. The van der Waals surface area contributed by atoms with Gasteiger partial charge in [-0.3, -0.25) is 38.5 Å². The molecule has 10 rings (SSSR count). The van der Waals surface area contributed by atoms with Gasteiger partial charge in [0.1, 0.15) is 32.0 Å². The third-order valence-corrected chi connectivity index (χ3v) is 16.1. The van der Waals surface area contributed by atoms with Gasteiger partial charge in [0.15, 0.2) is 17.1 Å². The van der Waals surface area contributed by atoms with Crippen LogP contribution < -0.4 is 25.6 Å². The lowest BCUT2D eigenvalue weighted by atomic mass is 9.94. The Bertz CT molecular complexity index is 3380.